The molecule has 2 saturated heterocycles. The zero-order chi connectivity index (χ0) is 21.1. The van der Waals surface area contributed by atoms with E-state index in [1.165, 1.54) is 44.9 Å². The summed E-state index contributed by atoms with van der Waals surface area (Å²) < 4.78 is 17.7. The molecule has 1 aromatic heterocycles. The van der Waals surface area contributed by atoms with Crippen molar-refractivity contribution in [3.05, 3.63) is 24.2 Å². The van der Waals surface area contributed by atoms with E-state index < -0.39 is 0 Å². The molecule has 0 radical (unpaired) electrons. The van der Waals surface area contributed by atoms with Gasteiger partial charge in [0.1, 0.15) is 11.9 Å². The zero-order valence-electron chi connectivity index (χ0n) is 18.8. The first kappa shape index (κ1) is 20.3. The first-order valence-corrected chi connectivity index (χ1v) is 12.7. The van der Waals surface area contributed by atoms with Crippen molar-refractivity contribution < 1.29 is 18.7 Å². The number of rotatable bonds is 5. The molecule has 5 heteroatoms. The molecule has 3 heterocycles. The molecule has 0 unspecified atom stereocenters. The van der Waals surface area contributed by atoms with Gasteiger partial charge in [0.05, 0.1) is 24.4 Å². The number of hydrogen-bond donors (Lipinski definition) is 1. The molecule has 1 N–H and O–H groups in total. The van der Waals surface area contributed by atoms with Crippen LogP contribution in [0, 0.1) is 29.1 Å². The second-order valence-electron chi connectivity index (χ2n) is 11.4. The van der Waals surface area contributed by atoms with Gasteiger partial charge in [0.15, 0.2) is 0 Å². The van der Waals surface area contributed by atoms with E-state index in [9.17, 15) is 4.79 Å². The van der Waals surface area contributed by atoms with E-state index in [-0.39, 0.29) is 29.0 Å². The van der Waals surface area contributed by atoms with Gasteiger partial charge in [0.25, 0.3) is 0 Å². The first-order valence-electron chi connectivity index (χ1n) is 12.7. The summed E-state index contributed by atoms with van der Waals surface area (Å²) in [6.45, 7) is 4.12. The number of carbonyl (C=O) groups is 1. The van der Waals surface area contributed by atoms with Gasteiger partial charge in [-0.2, -0.15) is 0 Å². The predicted molar refractivity (Wildman–Crippen MR) is 116 cm³/mol. The molecule has 6 rings (SSSR count). The maximum absolute atomic E-state index is 12.9. The van der Waals surface area contributed by atoms with Gasteiger partial charge in [-0.05, 0) is 74.3 Å². The van der Waals surface area contributed by atoms with Crippen molar-refractivity contribution in [3.63, 3.8) is 0 Å². The van der Waals surface area contributed by atoms with E-state index in [1.807, 2.05) is 6.07 Å². The van der Waals surface area contributed by atoms with E-state index in [4.69, 9.17) is 13.9 Å². The molecule has 1 aromatic rings. The molecule has 31 heavy (non-hydrogen) atoms. The minimum atomic E-state index is -0.00142. The van der Waals surface area contributed by atoms with Crippen LogP contribution in [0.25, 0.3) is 0 Å². The monoisotopic (exact) mass is 427 g/mol. The molecular weight excluding hydrogens is 390 g/mol. The maximum atomic E-state index is 12.9. The third kappa shape index (κ3) is 3.56. The molecule has 0 bridgehead atoms. The fourth-order valence-electron chi connectivity index (χ4n) is 7.88. The third-order valence-electron chi connectivity index (χ3n) is 9.63. The lowest BCUT2D eigenvalue weighted by Gasteiger charge is -2.51. The quantitative estimate of drug-likeness (QED) is 0.554. The summed E-state index contributed by atoms with van der Waals surface area (Å²) in [7, 11) is 0. The molecule has 5 aliphatic rings. The van der Waals surface area contributed by atoms with Gasteiger partial charge < -0.3 is 19.2 Å². The van der Waals surface area contributed by atoms with Crippen molar-refractivity contribution in [1.29, 1.82) is 0 Å². The Hall–Kier alpha value is -1.33. The van der Waals surface area contributed by atoms with Crippen LogP contribution in [0.1, 0.15) is 70.5 Å². The average Bonchev–Trinajstić information content (AvgIpc) is 3.19. The summed E-state index contributed by atoms with van der Waals surface area (Å²) in [6, 6.07) is 4.53. The molecule has 8 atom stereocenters. The maximum Gasteiger partial charge on any atom is 0.310 e. The largest absolute Gasteiger partial charge is 0.469 e. The lowest BCUT2D eigenvalue weighted by Crippen LogP contribution is -2.51. The van der Waals surface area contributed by atoms with E-state index in [0.29, 0.717) is 23.8 Å². The number of esters is 1. The SMILES string of the molecule is C[C@]12CCC[C@]3(CO3)[C@@H]1C[C@H]1[C@@H](C2)OC(=O)[C@@H]1CN[C@H]1CCCC[C@@H]1Cc1ccco1. The van der Waals surface area contributed by atoms with E-state index in [2.05, 4.69) is 18.3 Å². The van der Waals surface area contributed by atoms with Gasteiger partial charge in [-0.3, -0.25) is 4.79 Å². The first-order chi connectivity index (χ1) is 15.1. The summed E-state index contributed by atoms with van der Waals surface area (Å²) in [6.07, 6.45) is 13.7. The molecule has 3 saturated carbocycles. The van der Waals surface area contributed by atoms with E-state index in [0.717, 1.165) is 38.2 Å². The molecule has 2 aliphatic heterocycles. The van der Waals surface area contributed by atoms with Crippen LogP contribution >= 0.6 is 0 Å². The van der Waals surface area contributed by atoms with Gasteiger partial charge in [-0.25, -0.2) is 0 Å². The summed E-state index contributed by atoms with van der Waals surface area (Å²) in [5.74, 6) is 2.65. The highest BCUT2D eigenvalue weighted by Gasteiger charge is 2.65. The summed E-state index contributed by atoms with van der Waals surface area (Å²) >= 11 is 0. The normalized spacial score (nSPS) is 46.4. The van der Waals surface area contributed by atoms with Gasteiger partial charge >= 0.3 is 5.97 Å². The Bertz CT molecular complexity index is 802. The van der Waals surface area contributed by atoms with Crippen LogP contribution in [0.3, 0.4) is 0 Å². The Balaban J connectivity index is 1.13. The second-order valence-corrected chi connectivity index (χ2v) is 11.4. The molecule has 170 valence electrons. The highest BCUT2D eigenvalue weighted by atomic mass is 16.6. The van der Waals surface area contributed by atoms with E-state index in [1.54, 1.807) is 6.26 Å². The molecule has 1 spiro atoms. The average molecular weight is 428 g/mol. The highest BCUT2D eigenvalue weighted by Crippen LogP contribution is 2.62. The fourth-order valence-corrected chi connectivity index (χ4v) is 7.88. The lowest BCUT2D eigenvalue weighted by molar-refractivity contribution is -0.147. The zero-order valence-corrected chi connectivity index (χ0v) is 18.8. The van der Waals surface area contributed by atoms with Gasteiger partial charge in [-0.1, -0.05) is 19.8 Å². The smallest absolute Gasteiger partial charge is 0.310 e. The Morgan fingerprint density at radius 3 is 2.87 bits per heavy atom. The minimum Gasteiger partial charge on any atom is -0.469 e. The van der Waals surface area contributed by atoms with Gasteiger partial charge in [-0.15, -0.1) is 0 Å². The standard InChI is InChI=1S/C26H37NO4/c1-25-9-5-10-26(16-30-26)23(25)13-19-20(24(28)31-22(19)14-25)15-27-21-8-3-2-6-17(21)12-18-7-4-11-29-18/h4,7,11,17,19-23,27H,2-3,5-6,8-10,12-16H2,1H3/t17-,19-,20-,21+,22-,23-,25-,26+/m1/s1. The van der Waals surface area contributed by atoms with Crippen molar-refractivity contribution in [2.24, 2.45) is 29.1 Å². The Morgan fingerprint density at radius 2 is 2.06 bits per heavy atom. The van der Waals surface area contributed by atoms with Crippen molar-refractivity contribution in [3.8, 4) is 0 Å². The minimum absolute atomic E-state index is 0.00142. The molecule has 0 amide bonds. The summed E-state index contributed by atoms with van der Waals surface area (Å²) in [5.41, 5.74) is 0.398. The topological polar surface area (TPSA) is 64.0 Å². The van der Waals surface area contributed by atoms with Gasteiger partial charge in [0, 0.05) is 24.9 Å². The molecule has 5 fully saturated rings. The third-order valence-corrected chi connectivity index (χ3v) is 9.63. The van der Waals surface area contributed by atoms with Crippen molar-refractivity contribution in [2.75, 3.05) is 13.2 Å². The number of epoxide rings is 1. The van der Waals surface area contributed by atoms with Crippen LogP contribution in [0.4, 0.5) is 0 Å². The lowest BCUT2D eigenvalue weighted by atomic mass is 9.53. The number of furan rings is 1. The molecular formula is C26H37NO4. The van der Waals surface area contributed by atoms with E-state index >= 15 is 0 Å². The predicted octanol–water partition coefficient (Wildman–Crippen LogP) is 4.50. The fraction of sp³-hybridized carbons (Fsp3) is 0.808. The number of hydrogen-bond acceptors (Lipinski definition) is 5. The van der Waals surface area contributed by atoms with Crippen LogP contribution in [0.2, 0.25) is 0 Å². The van der Waals surface area contributed by atoms with Crippen LogP contribution in [-0.4, -0.2) is 36.9 Å². The summed E-state index contributed by atoms with van der Waals surface area (Å²) in [4.78, 5) is 12.9. The molecule has 0 aromatic carbocycles. The van der Waals surface area contributed by atoms with Crippen LogP contribution < -0.4 is 5.32 Å². The Labute approximate surface area is 185 Å². The van der Waals surface area contributed by atoms with Gasteiger partial charge in [0.2, 0.25) is 0 Å². The van der Waals surface area contributed by atoms with Crippen molar-refractivity contribution >= 4 is 5.97 Å². The van der Waals surface area contributed by atoms with Crippen molar-refractivity contribution in [2.45, 2.75) is 88.9 Å². The number of ether oxygens (including phenoxy) is 2. The molecule has 5 nitrogen and oxygen atoms in total. The summed E-state index contributed by atoms with van der Waals surface area (Å²) in [5, 5.41) is 3.83. The van der Waals surface area contributed by atoms with Crippen LogP contribution in [0.5, 0.6) is 0 Å². The highest BCUT2D eigenvalue weighted by molar-refractivity contribution is 5.75. The molecule has 3 aliphatic carbocycles. The number of carbonyl (C=O) groups excluding carboxylic acids is 1. The number of fused-ring (bicyclic) bond motifs is 3. The second kappa shape index (κ2) is 7.62. The Morgan fingerprint density at radius 1 is 1.19 bits per heavy atom. The number of nitrogens with one attached hydrogen (secondary N) is 1. The van der Waals surface area contributed by atoms with Crippen LogP contribution in [0.15, 0.2) is 22.8 Å². The Kier molecular flexibility index (Phi) is 4.99. The van der Waals surface area contributed by atoms with Crippen LogP contribution in [-0.2, 0) is 20.7 Å². The van der Waals surface area contributed by atoms with Crippen molar-refractivity contribution in [1.82, 2.24) is 5.32 Å².